The number of aliphatic hydroxyl groups is 1. The second kappa shape index (κ2) is 11.0. The van der Waals surface area contributed by atoms with Gasteiger partial charge in [-0.3, -0.25) is 4.90 Å². The van der Waals surface area contributed by atoms with Crippen LogP contribution in [0.2, 0.25) is 0 Å². The average Bonchev–Trinajstić information content (AvgIpc) is 3.11. The second-order valence-corrected chi connectivity index (χ2v) is 12.6. The number of benzene rings is 2. The number of carbonyl (C=O) groups excluding carboxylic acids is 1. The molecular weight excluding hydrogens is 478 g/mol. The van der Waals surface area contributed by atoms with Gasteiger partial charge in [-0.25, -0.2) is 4.79 Å². The molecule has 0 radical (unpaired) electrons. The summed E-state index contributed by atoms with van der Waals surface area (Å²) in [6.07, 6.45) is 4.01. The van der Waals surface area contributed by atoms with Crippen LogP contribution < -0.4 is 10.6 Å². The fraction of sp³-hybridized carbons (Fsp3) is 0.581. The number of anilines is 1. The Morgan fingerprint density at radius 3 is 2.42 bits per heavy atom. The van der Waals surface area contributed by atoms with Crippen molar-refractivity contribution >= 4 is 11.7 Å². The fourth-order valence-corrected chi connectivity index (χ4v) is 7.14. The first-order chi connectivity index (χ1) is 18.1. The number of carbonyl (C=O) groups is 1. The number of fused-ring (bicyclic) bond motifs is 2. The predicted molar refractivity (Wildman–Crippen MR) is 149 cm³/mol. The number of amides is 2. The van der Waals surface area contributed by atoms with E-state index in [2.05, 4.69) is 48.4 Å². The molecule has 3 fully saturated rings. The van der Waals surface area contributed by atoms with E-state index in [0.29, 0.717) is 23.4 Å². The number of likely N-dealkylation sites (tertiary alicyclic amines) is 1. The standard InChI is InChI=1S/C31H43N3O4/c1-5-32-29(36)33-24-12-10-23(11-13-24)28-37-26(14-27(38-28)22-8-6-21(18-35)7-9-22)17-34-20-31(4)16-25(34)15-30(2,3)19-31/h6-13,25-28,35H,5,14-20H2,1-4H3,(H2,32,33,36)/t25?,26-,27+,28+,31?/m1/s1. The minimum absolute atomic E-state index is 0.0301. The molecule has 2 aromatic carbocycles. The minimum atomic E-state index is -0.496. The van der Waals surface area contributed by atoms with Gasteiger partial charge in [0.15, 0.2) is 6.29 Å². The zero-order valence-corrected chi connectivity index (χ0v) is 23.2. The maximum absolute atomic E-state index is 11.9. The van der Waals surface area contributed by atoms with Crippen molar-refractivity contribution in [1.29, 1.82) is 0 Å². The van der Waals surface area contributed by atoms with E-state index in [1.165, 1.54) is 19.3 Å². The molecule has 206 valence electrons. The Kier molecular flexibility index (Phi) is 7.83. The van der Waals surface area contributed by atoms with Gasteiger partial charge in [0.25, 0.3) is 0 Å². The number of ether oxygens (including phenoxy) is 2. The van der Waals surface area contributed by atoms with Crippen LogP contribution in [0.4, 0.5) is 10.5 Å². The number of hydrogen-bond donors (Lipinski definition) is 3. The lowest BCUT2D eigenvalue weighted by Crippen LogP contribution is -2.42. The quantitative estimate of drug-likeness (QED) is 0.431. The summed E-state index contributed by atoms with van der Waals surface area (Å²) in [7, 11) is 0. The number of nitrogens with one attached hydrogen (secondary N) is 2. The zero-order valence-electron chi connectivity index (χ0n) is 23.2. The van der Waals surface area contributed by atoms with Crippen molar-refractivity contribution in [2.24, 2.45) is 10.8 Å². The van der Waals surface area contributed by atoms with E-state index in [4.69, 9.17) is 9.47 Å². The summed E-state index contributed by atoms with van der Waals surface area (Å²) in [4.78, 5) is 14.6. The number of urea groups is 1. The van der Waals surface area contributed by atoms with Crippen molar-refractivity contribution in [3.8, 4) is 0 Å². The Morgan fingerprint density at radius 1 is 1.03 bits per heavy atom. The molecule has 38 heavy (non-hydrogen) atoms. The number of nitrogens with zero attached hydrogens (tertiary/aromatic N) is 1. The predicted octanol–water partition coefficient (Wildman–Crippen LogP) is 5.77. The first-order valence-corrected chi connectivity index (χ1v) is 14.0. The van der Waals surface area contributed by atoms with Gasteiger partial charge in [-0.05, 0) is 60.3 Å². The molecule has 0 aromatic heterocycles. The van der Waals surface area contributed by atoms with E-state index in [-0.39, 0.29) is 24.8 Å². The largest absolute Gasteiger partial charge is 0.392 e. The smallest absolute Gasteiger partial charge is 0.319 e. The van der Waals surface area contributed by atoms with Crippen LogP contribution in [0.1, 0.15) is 82.5 Å². The van der Waals surface area contributed by atoms with Crippen LogP contribution in [0.25, 0.3) is 0 Å². The lowest BCUT2D eigenvalue weighted by Gasteiger charge is -2.41. The van der Waals surface area contributed by atoms with Crippen molar-refractivity contribution in [2.45, 2.75) is 84.5 Å². The molecular formula is C31H43N3O4. The van der Waals surface area contributed by atoms with Crippen LogP contribution in [0.3, 0.4) is 0 Å². The highest BCUT2D eigenvalue weighted by Gasteiger charge is 2.50. The molecule has 2 unspecified atom stereocenters. The first-order valence-electron chi connectivity index (χ1n) is 14.0. The van der Waals surface area contributed by atoms with Crippen LogP contribution in [0.15, 0.2) is 48.5 Å². The molecule has 2 aliphatic heterocycles. The minimum Gasteiger partial charge on any atom is -0.392 e. The van der Waals surface area contributed by atoms with Gasteiger partial charge in [-0.15, -0.1) is 0 Å². The molecule has 2 amide bonds. The van der Waals surface area contributed by atoms with E-state index in [0.717, 1.165) is 41.9 Å². The number of rotatable bonds is 7. The summed E-state index contributed by atoms with van der Waals surface area (Å²) in [5.74, 6) is 0. The monoisotopic (exact) mass is 521 g/mol. The Balaban J connectivity index is 1.34. The molecule has 1 saturated carbocycles. The van der Waals surface area contributed by atoms with Gasteiger partial charge in [0.05, 0.1) is 18.8 Å². The molecule has 7 nitrogen and oxygen atoms in total. The Labute approximate surface area is 226 Å². The SMILES string of the molecule is CCNC(=O)Nc1ccc([C@H]2O[C@@H](CN3CC4(C)CC3CC(C)(C)C4)C[C@@H](c3ccc(CO)cc3)O2)cc1. The molecule has 0 spiro atoms. The summed E-state index contributed by atoms with van der Waals surface area (Å²) in [5, 5.41) is 15.1. The van der Waals surface area contributed by atoms with E-state index in [1.54, 1.807) is 0 Å². The van der Waals surface area contributed by atoms with Crippen LogP contribution in [0.5, 0.6) is 0 Å². The Morgan fingerprint density at radius 2 is 1.74 bits per heavy atom. The summed E-state index contributed by atoms with van der Waals surface area (Å²) in [6.45, 7) is 11.8. The van der Waals surface area contributed by atoms with Crippen molar-refractivity contribution in [2.75, 3.05) is 25.0 Å². The van der Waals surface area contributed by atoms with Gasteiger partial charge in [-0.1, -0.05) is 57.2 Å². The summed E-state index contributed by atoms with van der Waals surface area (Å²) >= 11 is 0. The zero-order chi connectivity index (χ0) is 26.9. The van der Waals surface area contributed by atoms with Crippen LogP contribution in [-0.2, 0) is 16.1 Å². The van der Waals surface area contributed by atoms with E-state index in [9.17, 15) is 9.90 Å². The van der Waals surface area contributed by atoms with Gasteiger partial charge in [0.1, 0.15) is 0 Å². The third kappa shape index (κ3) is 6.23. The first kappa shape index (κ1) is 27.1. The second-order valence-electron chi connectivity index (χ2n) is 12.6. The number of aliphatic hydroxyl groups excluding tert-OH is 1. The molecule has 3 N–H and O–H groups in total. The average molecular weight is 522 g/mol. The number of hydrogen-bond acceptors (Lipinski definition) is 5. The van der Waals surface area contributed by atoms with Crippen LogP contribution in [-0.4, -0.2) is 47.8 Å². The maximum atomic E-state index is 11.9. The highest BCUT2D eigenvalue weighted by atomic mass is 16.7. The third-order valence-corrected chi connectivity index (χ3v) is 8.35. The molecule has 2 aromatic rings. The lowest BCUT2D eigenvalue weighted by atomic mass is 9.65. The van der Waals surface area contributed by atoms with Crippen molar-refractivity contribution in [3.63, 3.8) is 0 Å². The maximum Gasteiger partial charge on any atom is 0.319 e. The fourth-order valence-electron chi connectivity index (χ4n) is 7.14. The lowest BCUT2D eigenvalue weighted by molar-refractivity contribution is -0.253. The van der Waals surface area contributed by atoms with Gasteiger partial charge in [-0.2, -0.15) is 0 Å². The van der Waals surface area contributed by atoms with Crippen molar-refractivity contribution in [3.05, 3.63) is 65.2 Å². The summed E-state index contributed by atoms with van der Waals surface area (Å²) in [6, 6.07) is 16.1. The Hall–Kier alpha value is -2.45. The van der Waals surface area contributed by atoms with Gasteiger partial charge >= 0.3 is 6.03 Å². The topological polar surface area (TPSA) is 83.1 Å². The van der Waals surface area contributed by atoms with Gasteiger partial charge < -0.3 is 25.2 Å². The molecule has 1 aliphatic carbocycles. The van der Waals surface area contributed by atoms with Gasteiger partial charge in [0, 0.05) is 43.3 Å². The normalized spacial score (nSPS) is 30.7. The molecule has 5 atom stereocenters. The molecule has 2 saturated heterocycles. The summed E-state index contributed by atoms with van der Waals surface area (Å²) < 4.78 is 13.1. The molecule has 2 bridgehead atoms. The molecule has 5 rings (SSSR count). The van der Waals surface area contributed by atoms with Crippen LogP contribution in [0, 0.1) is 10.8 Å². The van der Waals surface area contributed by atoms with Gasteiger partial charge in [0.2, 0.25) is 0 Å². The molecule has 2 heterocycles. The summed E-state index contributed by atoms with van der Waals surface area (Å²) in [5.41, 5.74) is 4.41. The molecule has 7 heteroatoms. The van der Waals surface area contributed by atoms with E-state index < -0.39 is 6.29 Å². The highest BCUT2D eigenvalue weighted by Crippen LogP contribution is 2.53. The Bertz CT molecular complexity index is 1100. The van der Waals surface area contributed by atoms with Crippen molar-refractivity contribution < 1.29 is 19.4 Å². The van der Waals surface area contributed by atoms with E-state index in [1.807, 2.05) is 43.3 Å². The van der Waals surface area contributed by atoms with Crippen molar-refractivity contribution in [1.82, 2.24) is 10.2 Å². The van der Waals surface area contributed by atoms with E-state index >= 15 is 0 Å². The molecule has 3 aliphatic rings. The van der Waals surface area contributed by atoms with Crippen LogP contribution >= 0.6 is 0 Å². The highest BCUT2D eigenvalue weighted by molar-refractivity contribution is 5.89. The third-order valence-electron chi connectivity index (χ3n) is 8.35.